The normalized spacial score (nSPS) is 10.7. The van der Waals surface area contributed by atoms with Crippen molar-refractivity contribution in [2.75, 3.05) is 5.73 Å². The number of hydrogen-bond donors (Lipinski definition) is 1. The van der Waals surface area contributed by atoms with Gasteiger partial charge < -0.3 is 5.73 Å². The molecule has 1 heterocycles. The van der Waals surface area contributed by atoms with Gasteiger partial charge in [0, 0.05) is 17.5 Å². The summed E-state index contributed by atoms with van der Waals surface area (Å²) in [5.41, 5.74) is 9.93. The Balaban J connectivity index is 1.94. The summed E-state index contributed by atoms with van der Waals surface area (Å²) in [4.78, 5) is 16.8. The molecule has 104 valence electrons. The number of hydrogen-bond acceptors (Lipinski definition) is 3. The first-order chi connectivity index (χ1) is 10.1. The number of rotatable bonds is 3. The molecule has 2 aromatic carbocycles. The monoisotopic (exact) mass is 276 g/mol. The molecule has 0 fully saturated rings. The molecule has 0 bridgehead atoms. The lowest BCUT2D eigenvalue weighted by Gasteiger charge is -2.06. The van der Waals surface area contributed by atoms with Crippen LogP contribution in [-0.2, 0) is 6.42 Å². The zero-order valence-electron chi connectivity index (χ0n) is 11.8. The number of nitrogen functional groups attached to an aromatic ring is 1. The molecule has 3 heteroatoms. The minimum Gasteiger partial charge on any atom is -0.398 e. The average molecular weight is 276 g/mol. The summed E-state index contributed by atoms with van der Waals surface area (Å²) in [5.74, 6) is -0.0157. The molecule has 3 rings (SSSR count). The van der Waals surface area contributed by atoms with Crippen LogP contribution in [0.2, 0.25) is 0 Å². The number of aromatic nitrogens is 1. The zero-order valence-corrected chi connectivity index (χ0v) is 11.8. The lowest BCUT2D eigenvalue weighted by Crippen LogP contribution is -2.07. The fourth-order valence-electron chi connectivity index (χ4n) is 2.44. The van der Waals surface area contributed by atoms with Gasteiger partial charge in [0.15, 0.2) is 5.78 Å². The zero-order chi connectivity index (χ0) is 14.8. The molecule has 2 N–H and O–H groups in total. The lowest BCUT2D eigenvalue weighted by molar-refractivity contribution is 0.0988. The van der Waals surface area contributed by atoms with Crippen molar-refractivity contribution in [2.24, 2.45) is 0 Å². The molecule has 0 atom stereocenters. The second kappa shape index (κ2) is 5.37. The highest BCUT2D eigenvalue weighted by Crippen LogP contribution is 2.21. The molecule has 0 saturated carbocycles. The fraction of sp³-hybridized carbons (Fsp3) is 0.111. The molecule has 0 aliphatic heterocycles. The van der Waals surface area contributed by atoms with Gasteiger partial charge >= 0.3 is 0 Å². The maximum Gasteiger partial charge on any atom is 0.185 e. The first-order valence-corrected chi connectivity index (χ1v) is 6.87. The van der Waals surface area contributed by atoms with Gasteiger partial charge in [0.1, 0.15) is 5.69 Å². The number of pyridine rings is 1. The predicted molar refractivity (Wildman–Crippen MR) is 85.4 cm³/mol. The summed E-state index contributed by atoms with van der Waals surface area (Å²) in [6, 6.07) is 17.2. The van der Waals surface area contributed by atoms with Crippen LogP contribution in [-0.4, -0.2) is 10.8 Å². The number of ketones is 1. The van der Waals surface area contributed by atoms with Gasteiger partial charge in [-0.2, -0.15) is 0 Å². The number of nitrogens with zero attached hydrogens (tertiary/aromatic N) is 1. The molecule has 0 aliphatic rings. The van der Waals surface area contributed by atoms with Crippen LogP contribution in [0.5, 0.6) is 0 Å². The maximum absolute atomic E-state index is 12.4. The van der Waals surface area contributed by atoms with Crippen LogP contribution in [0, 0.1) is 6.92 Å². The van der Waals surface area contributed by atoms with Gasteiger partial charge in [-0.1, -0.05) is 48.0 Å². The van der Waals surface area contributed by atoms with Gasteiger partial charge in [0.25, 0.3) is 0 Å². The Morgan fingerprint density at radius 2 is 1.90 bits per heavy atom. The van der Waals surface area contributed by atoms with Crippen molar-refractivity contribution in [3.05, 3.63) is 71.4 Å². The Hall–Kier alpha value is -2.68. The third-order valence-corrected chi connectivity index (χ3v) is 3.48. The van der Waals surface area contributed by atoms with Gasteiger partial charge in [-0.15, -0.1) is 0 Å². The van der Waals surface area contributed by atoms with Gasteiger partial charge in [0.05, 0.1) is 5.52 Å². The van der Waals surface area contributed by atoms with Crippen LogP contribution in [0.15, 0.2) is 54.6 Å². The highest BCUT2D eigenvalue weighted by atomic mass is 16.1. The Kier molecular flexibility index (Phi) is 3.40. The van der Waals surface area contributed by atoms with E-state index in [0.29, 0.717) is 17.8 Å². The fourth-order valence-corrected chi connectivity index (χ4v) is 2.44. The second-order valence-corrected chi connectivity index (χ2v) is 5.20. The quantitative estimate of drug-likeness (QED) is 0.744. The van der Waals surface area contributed by atoms with E-state index in [2.05, 4.69) is 4.98 Å². The van der Waals surface area contributed by atoms with Crippen molar-refractivity contribution in [3.63, 3.8) is 0 Å². The Bertz CT molecular complexity index is 824. The Morgan fingerprint density at radius 3 is 2.71 bits per heavy atom. The maximum atomic E-state index is 12.4. The predicted octanol–water partition coefficient (Wildman–Crippen LogP) is 3.55. The van der Waals surface area contributed by atoms with Crippen LogP contribution in [0.3, 0.4) is 0 Å². The van der Waals surface area contributed by atoms with E-state index in [1.165, 1.54) is 0 Å². The molecule has 0 spiro atoms. The van der Waals surface area contributed by atoms with Crippen LogP contribution in [0.25, 0.3) is 10.9 Å². The second-order valence-electron chi connectivity index (χ2n) is 5.20. The van der Waals surface area contributed by atoms with Crippen LogP contribution < -0.4 is 5.73 Å². The van der Waals surface area contributed by atoms with Gasteiger partial charge in [-0.25, -0.2) is 4.98 Å². The number of Topliss-reactive ketones (excluding diaryl/α,β-unsaturated/α-hetero) is 1. The number of para-hydroxylation sites is 1. The van der Waals surface area contributed by atoms with Gasteiger partial charge in [-0.3, -0.25) is 4.79 Å². The van der Waals surface area contributed by atoms with Gasteiger partial charge in [-0.05, 0) is 24.6 Å². The van der Waals surface area contributed by atoms with E-state index < -0.39 is 0 Å². The first-order valence-electron chi connectivity index (χ1n) is 6.87. The number of anilines is 1. The molecule has 0 saturated heterocycles. The number of aryl methyl sites for hydroxylation is 1. The van der Waals surface area contributed by atoms with Crippen molar-refractivity contribution < 1.29 is 4.79 Å². The van der Waals surface area contributed by atoms with E-state index in [-0.39, 0.29) is 5.78 Å². The highest BCUT2D eigenvalue weighted by molar-refractivity contribution is 6.01. The van der Waals surface area contributed by atoms with E-state index in [1.807, 2.05) is 55.5 Å². The summed E-state index contributed by atoms with van der Waals surface area (Å²) in [5, 5.41) is 0.879. The minimum atomic E-state index is -0.0157. The molecule has 3 aromatic rings. The first kappa shape index (κ1) is 13.3. The molecular weight excluding hydrogens is 260 g/mol. The molecule has 21 heavy (non-hydrogen) atoms. The summed E-state index contributed by atoms with van der Waals surface area (Å²) >= 11 is 0. The van der Waals surface area contributed by atoms with Crippen LogP contribution in [0.4, 0.5) is 5.69 Å². The van der Waals surface area contributed by atoms with E-state index in [4.69, 9.17) is 5.73 Å². The average Bonchev–Trinajstić information content (AvgIpc) is 2.47. The third-order valence-electron chi connectivity index (χ3n) is 3.48. The highest BCUT2D eigenvalue weighted by Gasteiger charge is 2.11. The standard InChI is InChI=1S/C18H16N2O/c1-12-5-4-6-13(9-12)10-18(21)17-11-15(19)14-7-2-3-8-16(14)20-17/h2-9,11H,10H2,1H3,(H2,19,20). The van der Waals surface area contributed by atoms with Crippen molar-refractivity contribution in [3.8, 4) is 0 Å². The molecule has 3 nitrogen and oxygen atoms in total. The molecule has 0 radical (unpaired) electrons. The molecule has 0 amide bonds. The number of carbonyl (C=O) groups is 1. The minimum absolute atomic E-state index is 0.0157. The Labute approximate surface area is 123 Å². The van der Waals surface area contributed by atoms with Crippen molar-refractivity contribution in [1.82, 2.24) is 4.98 Å². The van der Waals surface area contributed by atoms with E-state index in [1.54, 1.807) is 6.07 Å². The van der Waals surface area contributed by atoms with Gasteiger partial charge in [0.2, 0.25) is 0 Å². The van der Waals surface area contributed by atoms with Crippen molar-refractivity contribution in [2.45, 2.75) is 13.3 Å². The van der Waals surface area contributed by atoms with E-state index >= 15 is 0 Å². The molecular formula is C18H16N2O. The molecule has 0 unspecified atom stereocenters. The number of nitrogens with two attached hydrogens (primary N) is 1. The van der Waals surface area contributed by atoms with Crippen LogP contribution >= 0.6 is 0 Å². The summed E-state index contributed by atoms with van der Waals surface area (Å²) in [6.07, 6.45) is 0.340. The van der Waals surface area contributed by atoms with Crippen molar-refractivity contribution in [1.29, 1.82) is 0 Å². The number of fused-ring (bicyclic) bond motifs is 1. The number of benzene rings is 2. The van der Waals surface area contributed by atoms with Crippen molar-refractivity contribution >= 4 is 22.4 Å². The summed E-state index contributed by atoms with van der Waals surface area (Å²) < 4.78 is 0. The SMILES string of the molecule is Cc1cccc(CC(=O)c2cc(N)c3ccccc3n2)c1. The largest absolute Gasteiger partial charge is 0.398 e. The van der Waals surface area contributed by atoms with E-state index in [9.17, 15) is 4.79 Å². The number of carbonyl (C=O) groups excluding carboxylic acids is 1. The lowest BCUT2D eigenvalue weighted by atomic mass is 10.0. The third kappa shape index (κ3) is 2.77. The summed E-state index contributed by atoms with van der Waals surface area (Å²) in [6.45, 7) is 2.01. The summed E-state index contributed by atoms with van der Waals surface area (Å²) in [7, 11) is 0. The smallest absolute Gasteiger partial charge is 0.185 e. The Morgan fingerprint density at radius 1 is 1.10 bits per heavy atom. The van der Waals surface area contributed by atoms with E-state index in [0.717, 1.165) is 22.0 Å². The molecule has 0 aliphatic carbocycles. The topological polar surface area (TPSA) is 56.0 Å². The molecule has 1 aromatic heterocycles. The van der Waals surface area contributed by atoms with Crippen LogP contribution in [0.1, 0.15) is 21.6 Å².